The summed E-state index contributed by atoms with van der Waals surface area (Å²) < 4.78 is 5.50. The van der Waals surface area contributed by atoms with Crippen LogP contribution in [0.4, 0.5) is 5.69 Å². The van der Waals surface area contributed by atoms with Gasteiger partial charge in [-0.05, 0) is 25.1 Å². The first-order valence-corrected chi connectivity index (χ1v) is 6.10. The highest BCUT2D eigenvalue weighted by atomic mass is 16.5. The molecular formula is C16H16N2O. The summed E-state index contributed by atoms with van der Waals surface area (Å²) in [6.07, 6.45) is 7.03. The van der Waals surface area contributed by atoms with Crippen LogP contribution in [0.1, 0.15) is 11.3 Å². The van der Waals surface area contributed by atoms with E-state index in [1.54, 1.807) is 0 Å². The molecule has 0 saturated carbocycles. The summed E-state index contributed by atoms with van der Waals surface area (Å²) in [6.45, 7) is 2.92. The summed E-state index contributed by atoms with van der Waals surface area (Å²) >= 11 is 0. The van der Waals surface area contributed by atoms with Crippen molar-refractivity contribution in [3.05, 3.63) is 53.9 Å². The molecule has 0 unspecified atom stereocenters. The molecule has 0 spiro atoms. The summed E-state index contributed by atoms with van der Waals surface area (Å²) in [5, 5.41) is 3.31. The van der Waals surface area contributed by atoms with Crippen molar-refractivity contribution in [2.75, 3.05) is 11.9 Å². The van der Waals surface area contributed by atoms with Crippen molar-refractivity contribution in [1.29, 1.82) is 0 Å². The number of benzene rings is 1. The van der Waals surface area contributed by atoms with E-state index in [1.807, 2.05) is 49.5 Å². The second-order valence-electron chi connectivity index (χ2n) is 4.14. The van der Waals surface area contributed by atoms with Gasteiger partial charge >= 0.3 is 0 Å². The first kappa shape index (κ1) is 13.0. The highest BCUT2D eigenvalue weighted by Crippen LogP contribution is 2.19. The molecule has 0 saturated heterocycles. The SMILES string of the molecule is C#CCOc1ccccc1CNc1ccc(C)nc1. The van der Waals surface area contributed by atoms with Gasteiger partial charge in [0.25, 0.3) is 0 Å². The van der Waals surface area contributed by atoms with Crippen LogP contribution in [0.25, 0.3) is 0 Å². The molecular weight excluding hydrogens is 236 g/mol. The molecule has 2 aromatic rings. The maximum atomic E-state index is 5.50. The molecule has 0 aliphatic rings. The highest BCUT2D eigenvalue weighted by Gasteiger charge is 2.02. The van der Waals surface area contributed by atoms with Gasteiger partial charge in [-0.3, -0.25) is 4.98 Å². The molecule has 1 aromatic carbocycles. The maximum absolute atomic E-state index is 5.50. The van der Waals surface area contributed by atoms with Gasteiger partial charge in [0.15, 0.2) is 0 Å². The molecule has 2 rings (SSSR count). The number of hydrogen-bond acceptors (Lipinski definition) is 3. The van der Waals surface area contributed by atoms with E-state index >= 15 is 0 Å². The summed E-state index contributed by atoms with van der Waals surface area (Å²) in [6, 6.07) is 11.8. The van der Waals surface area contributed by atoms with Crippen LogP contribution in [0.15, 0.2) is 42.6 Å². The Labute approximate surface area is 113 Å². The van der Waals surface area contributed by atoms with Gasteiger partial charge in [-0.15, -0.1) is 6.42 Å². The van der Waals surface area contributed by atoms with E-state index in [2.05, 4.69) is 16.2 Å². The Morgan fingerprint density at radius 2 is 2.11 bits per heavy atom. The Morgan fingerprint density at radius 1 is 1.26 bits per heavy atom. The Hall–Kier alpha value is -2.47. The van der Waals surface area contributed by atoms with Crippen molar-refractivity contribution >= 4 is 5.69 Å². The molecule has 0 aliphatic heterocycles. The summed E-state index contributed by atoms with van der Waals surface area (Å²) in [5.41, 5.74) is 3.05. The van der Waals surface area contributed by atoms with Crippen molar-refractivity contribution in [3.63, 3.8) is 0 Å². The average molecular weight is 252 g/mol. The molecule has 96 valence electrons. The third-order valence-electron chi connectivity index (χ3n) is 2.68. The number of aromatic nitrogens is 1. The largest absolute Gasteiger partial charge is 0.481 e. The number of ether oxygens (including phenoxy) is 1. The number of para-hydroxylation sites is 1. The van der Waals surface area contributed by atoms with E-state index in [9.17, 15) is 0 Å². The van der Waals surface area contributed by atoms with Crippen LogP contribution in [-0.4, -0.2) is 11.6 Å². The molecule has 3 heteroatoms. The second kappa shape index (κ2) is 6.46. The third-order valence-corrected chi connectivity index (χ3v) is 2.68. The van der Waals surface area contributed by atoms with Crippen LogP contribution in [0.2, 0.25) is 0 Å². The minimum Gasteiger partial charge on any atom is -0.481 e. The molecule has 1 heterocycles. The van der Waals surface area contributed by atoms with Crippen molar-refractivity contribution < 1.29 is 4.74 Å². The smallest absolute Gasteiger partial charge is 0.148 e. The first-order valence-electron chi connectivity index (χ1n) is 6.10. The number of pyridine rings is 1. The van der Waals surface area contributed by atoms with Gasteiger partial charge in [-0.1, -0.05) is 24.1 Å². The zero-order valence-corrected chi connectivity index (χ0v) is 10.9. The first-order chi connectivity index (χ1) is 9.29. The molecule has 1 N–H and O–H groups in total. The fourth-order valence-corrected chi connectivity index (χ4v) is 1.68. The van der Waals surface area contributed by atoms with Gasteiger partial charge in [0.05, 0.1) is 11.9 Å². The van der Waals surface area contributed by atoms with Gasteiger partial charge in [0, 0.05) is 17.8 Å². The maximum Gasteiger partial charge on any atom is 0.148 e. The minimum atomic E-state index is 0.281. The van der Waals surface area contributed by atoms with E-state index < -0.39 is 0 Å². The van der Waals surface area contributed by atoms with E-state index in [0.29, 0.717) is 6.54 Å². The van der Waals surface area contributed by atoms with E-state index in [1.165, 1.54) is 0 Å². The summed E-state index contributed by atoms with van der Waals surface area (Å²) in [7, 11) is 0. The van der Waals surface area contributed by atoms with Crippen molar-refractivity contribution in [1.82, 2.24) is 4.98 Å². The van der Waals surface area contributed by atoms with Gasteiger partial charge in [-0.25, -0.2) is 0 Å². The fourth-order valence-electron chi connectivity index (χ4n) is 1.68. The Balaban J connectivity index is 2.03. The lowest BCUT2D eigenvalue weighted by Gasteiger charge is -2.11. The second-order valence-corrected chi connectivity index (χ2v) is 4.14. The number of nitrogens with one attached hydrogen (secondary N) is 1. The normalized spacial score (nSPS) is 9.68. The number of anilines is 1. The van der Waals surface area contributed by atoms with Crippen molar-refractivity contribution in [2.45, 2.75) is 13.5 Å². The monoisotopic (exact) mass is 252 g/mol. The van der Waals surface area contributed by atoms with Crippen molar-refractivity contribution in [3.8, 4) is 18.1 Å². The number of aryl methyl sites for hydroxylation is 1. The predicted octanol–water partition coefficient (Wildman–Crippen LogP) is 3.01. The number of nitrogens with zero attached hydrogens (tertiary/aromatic N) is 1. The lowest BCUT2D eigenvalue weighted by Crippen LogP contribution is -2.03. The topological polar surface area (TPSA) is 34.1 Å². The van der Waals surface area contributed by atoms with Crippen LogP contribution in [0.5, 0.6) is 5.75 Å². The molecule has 0 atom stereocenters. The van der Waals surface area contributed by atoms with E-state index in [0.717, 1.165) is 22.7 Å². The number of hydrogen-bond donors (Lipinski definition) is 1. The summed E-state index contributed by atoms with van der Waals surface area (Å²) in [5.74, 6) is 3.28. The van der Waals surface area contributed by atoms with E-state index in [-0.39, 0.29) is 6.61 Å². The predicted molar refractivity (Wildman–Crippen MR) is 77.1 cm³/mol. The van der Waals surface area contributed by atoms with Gasteiger partial charge in [-0.2, -0.15) is 0 Å². The van der Waals surface area contributed by atoms with Gasteiger partial charge < -0.3 is 10.1 Å². The Kier molecular flexibility index (Phi) is 4.41. The lowest BCUT2D eigenvalue weighted by molar-refractivity contribution is 0.366. The quantitative estimate of drug-likeness (QED) is 0.831. The average Bonchev–Trinajstić information content (AvgIpc) is 2.45. The molecule has 1 aromatic heterocycles. The van der Waals surface area contributed by atoms with Gasteiger partial charge in [0.1, 0.15) is 12.4 Å². The van der Waals surface area contributed by atoms with Crippen LogP contribution in [0, 0.1) is 19.3 Å². The molecule has 0 fully saturated rings. The van der Waals surface area contributed by atoms with Crippen LogP contribution >= 0.6 is 0 Å². The van der Waals surface area contributed by atoms with Crippen LogP contribution in [-0.2, 0) is 6.54 Å². The zero-order valence-electron chi connectivity index (χ0n) is 10.9. The van der Waals surface area contributed by atoms with Gasteiger partial charge in [0.2, 0.25) is 0 Å². The van der Waals surface area contributed by atoms with Crippen LogP contribution < -0.4 is 10.1 Å². The molecule has 0 amide bonds. The number of rotatable bonds is 5. The van der Waals surface area contributed by atoms with Crippen LogP contribution in [0.3, 0.4) is 0 Å². The van der Waals surface area contributed by atoms with Crippen molar-refractivity contribution in [2.24, 2.45) is 0 Å². The Morgan fingerprint density at radius 3 is 2.84 bits per heavy atom. The number of terminal acetylenes is 1. The van der Waals surface area contributed by atoms with E-state index in [4.69, 9.17) is 11.2 Å². The molecule has 0 bridgehead atoms. The Bertz CT molecular complexity index is 570. The summed E-state index contributed by atoms with van der Waals surface area (Å²) in [4.78, 5) is 4.24. The minimum absolute atomic E-state index is 0.281. The molecule has 3 nitrogen and oxygen atoms in total. The third kappa shape index (κ3) is 3.75. The molecule has 19 heavy (non-hydrogen) atoms. The fraction of sp³-hybridized carbons (Fsp3) is 0.188. The highest BCUT2D eigenvalue weighted by molar-refractivity contribution is 5.43. The standard InChI is InChI=1S/C16H16N2O/c1-3-10-19-16-7-5-4-6-14(16)11-18-15-9-8-13(2)17-12-15/h1,4-9,12,18H,10-11H2,2H3. The molecule has 0 aliphatic carbocycles. The molecule has 0 radical (unpaired) electrons. The zero-order chi connectivity index (χ0) is 13.5. The lowest BCUT2D eigenvalue weighted by atomic mass is 10.2.